The van der Waals surface area contributed by atoms with Crippen LogP contribution < -0.4 is 0 Å². The molecule has 0 aliphatic heterocycles. The van der Waals surface area contributed by atoms with Crippen LogP contribution in [0.25, 0.3) is 66.4 Å². The van der Waals surface area contributed by atoms with Gasteiger partial charge in [-0.15, -0.1) is 22.7 Å². The van der Waals surface area contributed by atoms with Crippen molar-refractivity contribution in [1.29, 1.82) is 0 Å². The Morgan fingerprint density at radius 1 is 0.388 bits per heavy atom. The summed E-state index contributed by atoms with van der Waals surface area (Å²) in [5, 5.41) is 4.17. The third-order valence-electron chi connectivity index (χ3n) is 8.87. The zero-order chi connectivity index (χ0) is 33.2. The first kappa shape index (κ1) is 30.8. The summed E-state index contributed by atoms with van der Waals surface area (Å²) in [7, 11) is 0. The number of hydrogen-bond donors (Lipinski definition) is 0. The van der Waals surface area contributed by atoms with E-state index < -0.39 is 0 Å². The normalized spacial score (nSPS) is 11.5. The number of aromatic nitrogens is 4. The summed E-state index contributed by atoms with van der Waals surface area (Å²) < 4.78 is 0. The first-order valence-electron chi connectivity index (χ1n) is 16.2. The molecule has 0 fully saturated rings. The van der Waals surface area contributed by atoms with Gasteiger partial charge in [0.2, 0.25) is 0 Å². The fraction of sp³-hybridized carbons (Fsp3) is 0.0698. The SMILES string of the molecule is CC(C)(c1ccc(-c2nc(-c3ccccc3)cc(-c3cccs3)n2)cc1)c1ccc(-c2nc(-c3ccccc3)cc(-c3cccs3)n2)cc1. The lowest BCUT2D eigenvalue weighted by atomic mass is 9.77. The molecule has 4 aromatic carbocycles. The van der Waals surface area contributed by atoms with E-state index in [1.165, 1.54) is 11.1 Å². The van der Waals surface area contributed by atoms with E-state index in [2.05, 4.69) is 134 Å². The van der Waals surface area contributed by atoms with E-state index in [0.717, 1.165) is 66.4 Å². The van der Waals surface area contributed by atoms with Crippen LogP contribution in [0.4, 0.5) is 0 Å². The molecular formula is C43H32N4S2. The molecule has 49 heavy (non-hydrogen) atoms. The number of benzene rings is 4. The van der Waals surface area contributed by atoms with Crippen LogP contribution in [0.3, 0.4) is 0 Å². The van der Waals surface area contributed by atoms with Gasteiger partial charge in [0, 0.05) is 27.7 Å². The van der Waals surface area contributed by atoms with Crippen molar-refractivity contribution in [3.8, 4) is 66.4 Å². The van der Waals surface area contributed by atoms with E-state index in [9.17, 15) is 0 Å². The third-order valence-corrected chi connectivity index (χ3v) is 10.7. The first-order valence-corrected chi connectivity index (χ1v) is 18.0. The molecule has 0 radical (unpaired) electrons. The van der Waals surface area contributed by atoms with E-state index in [4.69, 9.17) is 19.9 Å². The van der Waals surface area contributed by atoms with Crippen LogP contribution in [0.2, 0.25) is 0 Å². The molecule has 0 N–H and O–H groups in total. The van der Waals surface area contributed by atoms with Gasteiger partial charge in [-0.05, 0) is 46.2 Å². The monoisotopic (exact) mass is 668 g/mol. The largest absolute Gasteiger partial charge is 0.228 e. The van der Waals surface area contributed by atoms with Crippen molar-refractivity contribution in [2.45, 2.75) is 19.3 Å². The van der Waals surface area contributed by atoms with Crippen molar-refractivity contribution >= 4 is 22.7 Å². The molecule has 0 aliphatic rings. The molecule has 8 rings (SSSR count). The van der Waals surface area contributed by atoms with Gasteiger partial charge < -0.3 is 0 Å². The Balaban J connectivity index is 1.10. The molecule has 0 spiro atoms. The van der Waals surface area contributed by atoms with E-state index in [1.807, 2.05) is 36.4 Å². The Morgan fingerprint density at radius 3 is 1.14 bits per heavy atom. The van der Waals surface area contributed by atoms with E-state index in [-0.39, 0.29) is 5.41 Å². The molecule has 0 unspecified atom stereocenters. The minimum Gasteiger partial charge on any atom is -0.228 e. The average Bonchev–Trinajstić information content (AvgIpc) is 3.92. The molecule has 0 atom stereocenters. The van der Waals surface area contributed by atoms with E-state index >= 15 is 0 Å². The van der Waals surface area contributed by atoms with Gasteiger partial charge in [0.15, 0.2) is 11.6 Å². The molecule has 4 heterocycles. The molecule has 6 heteroatoms. The Labute approximate surface area is 294 Å². The van der Waals surface area contributed by atoms with Crippen LogP contribution in [-0.4, -0.2) is 19.9 Å². The average molecular weight is 669 g/mol. The maximum Gasteiger partial charge on any atom is 0.160 e. The molecule has 0 aliphatic carbocycles. The minimum absolute atomic E-state index is 0.235. The third kappa shape index (κ3) is 6.36. The quantitative estimate of drug-likeness (QED) is 0.162. The summed E-state index contributed by atoms with van der Waals surface area (Å²) in [5.74, 6) is 1.44. The van der Waals surface area contributed by atoms with Crippen molar-refractivity contribution in [2.75, 3.05) is 0 Å². The second kappa shape index (κ2) is 13.2. The first-order chi connectivity index (χ1) is 24.0. The van der Waals surface area contributed by atoms with E-state index in [0.29, 0.717) is 0 Å². The topological polar surface area (TPSA) is 51.6 Å². The standard InChI is InChI=1S/C43H32N4S2/c1-43(2,33-21-17-31(18-22-33)41-44-35(29-11-5-3-6-12-29)27-37(46-41)39-15-9-25-48-39)34-23-19-32(20-24-34)42-45-36(30-13-7-4-8-14-30)28-38(47-42)40-16-10-26-49-40/h3-28H,1-2H3. The number of rotatable bonds is 8. The van der Waals surface area contributed by atoms with Crippen molar-refractivity contribution < 1.29 is 0 Å². The van der Waals surface area contributed by atoms with Gasteiger partial charge in [-0.25, -0.2) is 19.9 Å². The van der Waals surface area contributed by atoms with Crippen molar-refractivity contribution in [3.05, 3.63) is 167 Å². The van der Waals surface area contributed by atoms with Gasteiger partial charge in [-0.3, -0.25) is 0 Å². The van der Waals surface area contributed by atoms with E-state index in [1.54, 1.807) is 22.7 Å². The summed E-state index contributed by atoms with van der Waals surface area (Å²) in [6.45, 7) is 4.53. The smallest absolute Gasteiger partial charge is 0.160 e. The predicted molar refractivity (Wildman–Crippen MR) is 205 cm³/mol. The summed E-state index contributed by atoms with van der Waals surface area (Å²) in [5.41, 5.74) is 10.0. The Bertz CT molecular complexity index is 2150. The molecule has 4 nitrogen and oxygen atoms in total. The van der Waals surface area contributed by atoms with Crippen molar-refractivity contribution in [1.82, 2.24) is 19.9 Å². The Morgan fingerprint density at radius 2 is 0.776 bits per heavy atom. The molecule has 0 saturated heterocycles. The molecule has 236 valence electrons. The molecule has 0 saturated carbocycles. The van der Waals surface area contributed by atoms with Crippen LogP contribution in [0.5, 0.6) is 0 Å². The lowest BCUT2D eigenvalue weighted by Crippen LogP contribution is -2.18. The highest BCUT2D eigenvalue weighted by Gasteiger charge is 2.24. The number of thiophene rings is 2. The zero-order valence-corrected chi connectivity index (χ0v) is 28.7. The Kier molecular flexibility index (Phi) is 8.25. The summed E-state index contributed by atoms with van der Waals surface area (Å²) in [4.78, 5) is 22.3. The summed E-state index contributed by atoms with van der Waals surface area (Å²) in [6.07, 6.45) is 0. The molecule has 0 bridgehead atoms. The van der Waals surface area contributed by atoms with Gasteiger partial charge in [0.1, 0.15) is 0 Å². The van der Waals surface area contributed by atoms with Gasteiger partial charge in [0.25, 0.3) is 0 Å². The highest BCUT2D eigenvalue weighted by Crippen LogP contribution is 2.36. The van der Waals surface area contributed by atoms with Crippen LogP contribution >= 0.6 is 22.7 Å². The zero-order valence-electron chi connectivity index (χ0n) is 27.1. The maximum atomic E-state index is 5.00. The summed E-state index contributed by atoms with van der Waals surface area (Å²) in [6, 6.07) is 50.5. The fourth-order valence-electron chi connectivity index (χ4n) is 6.01. The molecular weight excluding hydrogens is 637 g/mol. The van der Waals surface area contributed by atoms with Gasteiger partial charge in [0.05, 0.1) is 32.5 Å². The number of nitrogens with zero attached hydrogens (tertiary/aromatic N) is 4. The van der Waals surface area contributed by atoms with Gasteiger partial charge in [-0.1, -0.05) is 135 Å². The predicted octanol–water partition coefficient (Wildman–Crippen LogP) is 11.7. The van der Waals surface area contributed by atoms with Crippen LogP contribution in [0, 0.1) is 0 Å². The lowest BCUT2D eigenvalue weighted by Gasteiger charge is -2.26. The van der Waals surface area contributed by atoms with Gasteiger partial charge >= 0.3 is 0 Å². The van der Waals surface area contributed by atoms with Gasteiger partial charge in [-0.2, -0.15) is 0 Å². The summed E-state index contributed by atoms with van der Waals surface area (Å²) >= 11 is 3.38. The highest BCUT2D eigenvalue weighted by molar-refractivity contribution is 7.13. The number of hydrogen-bond acceptors (Lipinski definition) is 6. The maximum absolute atomic E-state index is 5.00. The van der Waals surface area contributed by atoms with Crippen LogP contribution in [0.1, 0.15) is 25.0 Å². The fourth-order valence-corrected chi connectivity index (χ4v) is 7.38. The Hall–Kier alpha value is -5.56. The molecule has 8 aromatic rings. The second-order valence-corrected chi connectivity index (χ2v) is 14.3. The highest BCUT2D eigenvalue weighted by atomic mass is 32.1. The molecule has 4 aromatic heterocycles. The molecule has 0 amide bonds. The van der Waals surface area contributed by atoms with Crippen molar-refractivity contribution in [3.63, 3.8) is 0 Å². The van der Waals surface area contributed by atoms with Crippen molar-refractivity contribution in [2.24, 2.45) is 0 Å². The van der Waals surface area contributed by atoms with Crippen LogP contribution in [0.15, 0.2) is 156 Å². The minimum atomic E-state index is -0.235. The lowest BCUT2D eigenvalue weighted by molar-refractivity contribution is 0.641. The van der Waals surface area contributed by atoms with Crippen LogP contribution in [-0.2, 0) is 5.41 Å². The second-order valence-electron chi connectivity index (χ2n) is 12.4.